The lowest BCUT2D eigenvalue weighted by atomic mass is 9.90. The van der Waals surface area contributed by atoms with E-state index in [4.69, 9.17) is 16.7 Å². The first-order chi connectivity index (χ1) is 7.77. The Bertz CT molecular complexity index is 173. The predicted octanol–water partition coefficient (Wildman–Crippen LogP) is 2.88. The molecule has 1 atom stereocenters. The van der Waals surface area contributed by atoms with Crippen molar-refractivity contribution in [1.82, 2.24) is 4.90 Å². The van der Waals surface area contributed by atoms with Gasteiger partial charge in [0.1, 0.15) is 0 Å². The monoisotopic (exact) mass is 247 g/mol. The van der Waals surface area contributed by atoms with Crippen LogP contribution in [0, 0.1) is 5.92 Å². The van der Waals surface area contributed by atoms with Crippen molar-refractivity contribution in [2.75, 3.05) is 25.6 Å². The maximum atomic E-state index is 8.91. The summed E-state index contributed by atoms with van der Waals surface area (Å²) in [4.78, 5) is 2.57. The van der Waals surface area contributed by atoms with Gasteiger partial charge in [-0.1, -0.05) is 13.3 Å². The lowest BCUT2D eigenvalue weighted by Gasteiger charge is -2.38. The molecule has 16 heavy (non-hydrogen) atoms. The van der Waals surface area contributed by atoms with Crippen LogP contribution < -0.4 is 0 Å². The quantitative estimate of drug-likeness (QED) is 0.634. The van der Waals surface area contributed by atoms with Gasteiger partial charge in [-0.25, -0.2) is 0 Å². The van der Waals surface area contributed by atoms with Crippen LogP contribution in [0.4, 0.5) is 0 Å². The molecule has 0 aliphatic heterocycles. The molecule has 1 aliphatic carbocycles. The van der Waals surface area contributed by atoms with E-state index in [0.29, 0.717) is 6.61 Å². The van der Waals surface area contributed by atoms with Gasteiger partial charge in [-0.05, 0) is 44.6 Å². The van der Waals surface area contributed by atoms with Crippen LogP contribution in [0.5, 0.6) is 0 Å². The maximum absolute atomic E-state index is 8.91. The average Bonchev–Trinajstić information content (AvgIpc) is 2.19. The number of aliphatic hydroxyl groups is 1. The Morgan fingerprint density at radius 3 is 2.56 bits per heavy atom. The van der Waals surface area contributed by atoms with Gasteiger partial charge in [-0.15, -0.1) is 11.6 Å². The van der Waals surface area contributed by atoms with Crippen molar-refractivity contribution in [3.8, 4) is 0 Å². The summed E-state index contributed by atoms with van der Waals surface area (Å²) in [7, 11) is 0. The van der Waals surface area contributed by atoms with Gasteiger partial charge in [-0.2, -0.15) is 0 Å². The van der Waals surface area contributed by atoms with Gasteiger partial charge in [-0.3, -0.25) is 0 Å². The third-order valence-electron chi connectivity index (χ3n) is 3.71. The molecule has 2 nitrogen and oxygen atoms in total. The first-order valence-corrected chi connectivity index (χ1v) is 7.22. The fourth-order valence-corrected chi connectivity index (χ4v) is 2.59. The lowest BCUT2D eigenvalue weighted by molar-refractivity contribution is 0.110. The smallest absolute Gasteiger partial charge is 0.0443 e. The molecule has 3 heteroatoms. The lowest BCUT2D eigenvalue weighted by Crippen LogP contribution is -2.41. The second-order valence-electron chi connectivity index (χ2n) is 5.07. The maximum Gasteiger partial charge on any atom is 0.0443 e. The Morgan fingerprint density at radius 2 is 2.06 bits per heavy atom. The van der Waals surface area contributed by atoms with Crippen LogP contribution in [0.15, 0.2) is 0 Å². The van der Waals surface area contributed by atoms with Crippen molar-refractivity contribution in [3.05, 3.63) is 0 Å². The number of alkyl halides is 1. The van der Waals surface area contributed by atoms with Crippen LogP contribution in [0.25, 0.3) is 0 Å². The zero-order valence-electron chi connectivity index (χ0n) is 10.5. The summed E-state index contributed by atoms with van der Waals surface area (Å²) >= 11 is 5.75. The molecule has 1 N–H and O–H groups in total. The van der Waals surface area contributed by atoms with E-state index in [-0.39, 0.29) is 0 Å². The largest absolute Gasteiger partial charge is 0.396 e. The van der Waals surface area contributed by atoms with Crippen LogP contribution in [0.2, 0.25) is 0 Å². The van der Waals surface area contributed by atoms with Gasteiger partial charge < -0.3 is 10.0 Å². The van der Waals surface area contributed by atoms with Crippen molar-refractivity contribution >= 4 is 11.6 Å². The van der Waals surface area contributed by atoms with Crippen LogP contribution in [-0.4, -0.2) is 41.6 Å². The molecular weight excluding hydrogens is 222 g/mol. The Morgan fingerprint density at radius 1 is 1.31 bits per heavy atom. The summed E-state index contributed by atoms with van der Waals surface area (Å²) in [5.41, 5.74) is 0. The minimum atomic E-state index is 0.320. The molecule has 0 heterocycles. The van der Waals surface area contributed by atoms with Crippen LogP contribution in [0.1, 0.15) is 45.4 Å². The number of hydrogen-bond donors (Lipinski definition) is 1. The van der Waals surface area contributed by atoms with E-state index in [1.165, 1.54) is 32.2 Å². The van der Waals surface area contributed by atoms with Gasteiger partial charge >= 0.3 is 0 Å². The van der Waals surface area contributed by atoms with E-state index in [1.807, 2.05) is 0 Å². The molecule has 0 aromatic heterocycles. The Kier molecular flexibility index (Phi) is 7.42. The average molecular weight is 248 g/mol. The highest BCUT2D eigenvalue weighted by molar-refractivity contribution is 6.17. The van der Waals surface area contributed by atoms with E-state index in [1.54, 1.807) is 0 Å². The van der Waals surface area contributed by atoms with Crippen molar-refractivity contribution in [2.24, 2.45) is 5.92 Å². The molecule has 0 aromatic rings. The highest BCUT2D eigenvalue weighted by Gasteiger charge is 2.24. The highest BCUT2D eigenvalue weighted by atomic mass is 35.5. The summed E-state index contributed by atoms with van der Waals surface area (Å²) in [6.45, 7) is 4.85. The molecule has 0 aromatic carbocycles. The second kappa shape index (κ2) is 8.32. The van der Waals surface area contributed by atoms with Crippen molar-refractivity contribution < 1.29 is 5.11 Å². The molecule has 1 unspecified atom stereocenters. The Labute approximate surface area is 105 Å². The van der Waals surface area contributed by atoms with Gasteiger partial charge in [0.05, 0.1) is 0 Å². The third-order valence-corrected chi connectivity index (χ3v) is 3.92. The molecule has 1 saturated carbocycles. The number of halogens is 1. The predicted molar refractivity (Wildman–Crippen MR) is 70.0 cm³/mol. The SMILES string of the molecule is CC(CCCl)CCN(CCCO)C1CCC1. The normalized spacial score (nSPS) is 18.8. The molecule has 0 saturated heterocycles. The molecule has 1 rings (SSSR count). The Hall–Kier alpha value is 0.210. The fourth-order valence-electron chi connectivity index (χ4n) is 2.22. The van der Waals surface area contributed by atoms with Crippen LogP contribution in [-0.2, 0) is 0 Å². The van der Waals surface area contributed by atoms with Crippen molar-refractivity contribution in [3.63, 3.8) is 0 Å². The first-order valence-electron chi connectivity index (χ1n) is 6.68. The van der Waals surface area contributed by atoms with E-state index in [2.05, 4.69) is 11.8 Å². The van der Waals surface area contributed by atoms with E-state index in [0.717, 1.165) is 37.2 Å². The summed E-state index contributed by atoms with van der Waals surface area (Å²) in [6.07, 6.45) is 7.39. The summed E-state index contributed by atoms with van der Waals surface area (Å²) < 4.78 is 0. The van der Waals surface area contributed by atoms with Gasteiger partial charge in [0.2, 0.25) is 0 Å². The van der Waals surface area contributed by atoms with Gasteiger partial charge in [0.25, 0.3) is 0 Å². The molecule has 96 valence electrons. The number of nitrogens with zero attached hydrogens (tertiary/aromatic N) is 1. The minimum absolute atomic E-state index is 0.320. The minimum Gasteiger partial charge on any atom is -0.396 e. The molecule has 0 radical (unpaired) electrons. The van der Waals surface area contributed by atoms with Crippen molar-refractivity contribution in [1.29, 1.82) is 0 Å². The molecule has 0 spiro atoms. The fraction of sp³-hybridized carbons (Fsp3) is 1.00. The summed E-state index contributed by atoms with van der Waals surface area (Å²) in [5, 5.41) is 8.91. The standard InChI is InChI=1S/C13H26ClNO/c1-12(6-8-14)7-10-15(9-3-11-16)13-4-2-5-13/h12-13,16H,2-11H2,1H3. The Balaban J connectivity index is 2.20. The van der Waals surface area contributed by atoms with E-state index in [9.17, 15) is 0 Å². The molecule has 0 amide bonds. The number of hydrogen-bond acceptors (Lipinski definition) is 2. The highest BCUT2D eigenvalue weighted by Crippen LogP contribution is 2.25. The van der Waals surface area contributed by atoms with Crippen LogP contribution in [0.3, 0.4) is 0 Å². The number of rotatable bonds is 9. The summed E-state index contributed by atoms with van der Waals surface area (Å²) in [6, 6.07) is 0.801. The number of aliphatic hydroxyl groups excluding tert-OH is 1. The van der Waals surface area contributed by atoms with Gasteiger partial charge in [0, 0.05) is 25.1 Å². The zero-order valence-corrected chi connectivity index (χ0v) is 11.3. The van der Waals surface area contributed by atoms with Crippen LogP contribution >= 0.6 is 11.6 Å². The second-order valence-corrected chi connectivity index (χ2v) is 5.45. The van der Waals surface area contributed by atoms with E-state index >= 15 is 0 Å². The van der Waals surface area contributed by atoms with Gasteiger partial charge in [0.15, 0.2) is 0 Å². The van der Waals surface area contributed by atoms with Crippen molar-refractivity contribution in [2.45, 2.75) is 51.5 Å². The topological polar surface area (TPSA) is 23.5 Å². The summed E-state index contributed by atoms with van der Waals surface area (Å²) in [5.74, 6) is 1.51. The van der Waals surface area contributed by atoms with E-state index < -0.39 is 0 Å². The molecular formula is C13H26ClNO. The third kappa shape index (κ3) is 5.03. The molecule has 1 aliphatic rings. The zero-order chi connectivity index (χ0) is 11.8. The first kappa shape index (κ1) is 14.3. The molecule has 0 bridgehead atoms. The molecule has 1 fully saturated rings.